The number of benzene rings is 2. The molecule has 0 aliphatic carbocycles. The van der Waals surface area contributed by atoms with E-state index in [9.17, 15) is 19.7 Å². The second-order valence-corrected chi connectivity index (χ2v) is 5.99. The number of ether oxygens (including phenoxy) is 2. The van der Waals surface area contributed by atoms with E-state index < -0.39 is 10.8 Å². The maximum atomic E-state index is 12.4. The van der Waals surface area contributed by atoms with Gasteiger partial charge >= 0.3 is 0 Å². The van der Waals surface area contributed by atoms with Gasteiger partial charge in [-0.1, -0.05) is 6.07 Å². The molecular weight excluding hydrogens is 378 g/mol. The fourth-order valence-corrected chi connectivity index (χ4v) is 2.66. The SMILES string of the molecule is CCN(CC)C(=O)c1cccc(NC(=O)COc2cc([N+](=O)[O-])ccc2OC)c1. The van der Waals surface area contributed by atoms with E-state index in [1.165, 1.54) is 25.3 Å². The molecule has 0 saturated carbocycles. The third-order valence-electron chi connectivity index (χ3n) is 4.16. The Kier molecular flexibility index (Phi) is 7.53. The Balaban J connectivity index is 2.05. The van der Waals surface area contributed by atoms with Gasteiger partial charge in [-0.3, -0.25) is 19.7 Å². The van der Waals surface area contributed by atoms with E-state index in [-0.39, 0.29) is 29.7 Å². The average molecular weight is 401 g/mol. The van der Waals surface area contributed by atoms with E-state index >= 15 is 0 Å². The number of hydrogen-bond acceptors (Lipinski definition) is 6. The molecule has 0 aromatic heterocycles. The van der Waals surface area contributed by atoms with Crippen molar-refractivity contribution in [1.82, 2.24) is 4.90 Å². The summed E-state index contributed by atoms with van der Waals surface area (Å²) >= 11 is 0. The smallest absolute Gasteiger partial charge is 0.273 e. The summed E-state index contributed by atoms with van der Waals surface area (Å²) < 4.78 is 10.5. The molecule has 0 aliphatic heterocycles. The van der Waals surface area contributed by atoms with Gasteiger partial charge in [0.2, 0.25) is 0 Å². The molecule has 0 heterocycles. The van der Waals surface area contributed by atoms with Crippen molar-refractivity contribution >= 4 is 23.2 Å². The molecule has 2 aromatic carbocycles. The van der Waals surface area contributed by atoms with Gasteiger partial charge in [0.25, 0.3) is 17.5 Å². The first-order chi connectivity index (χ1) is 13.9. The molecule has 0 bridgehead atoms. The Morgan fingerprint density at radius 2 is 1.83 bits per heavy atom. The van der Waals surface area contributed by atoms with Crippen LogP contribution < -0.4 is 14.8 Å². The highest BCUT2D eigenvalue weighted by Gasteiger charge is 2.15. The first-order valence-electron chi connectivity index (χ1n) is 9.04. The molecule has 0 aliphatic rings. The molecule has 0 fully saturated rings. The van der Waals surface area contributed by atoms with Crippen molar-refractivity contribution in [2.45, 2.75) is 13.8 Å². The monoisotopic (exact) mass is 401 g/mol. The summed E-state index contributed by atoms with van der Waals surface area (Å²) in [7, 11) is 1.40. The van der Waals surface area contributed by atoms with E-state index in [1.54, 1.807) is 29.2 Å². The fourth-order valence-electron chi connectivity index (χ4n) is 2.66. The van der Waals surface area contributed by atoms with E-state index in [1.807, 2.05) is 13.8 Å². The van der Waals surface area contributed by atoms with Crippen LogP contribution in [-0.4, -0.2) is 48.4 Å². The summed E-state index contributed by atoms with van der Waals surface area (Å²) in [5.41, 5.74) is 0.735. The minimum Gasteiger partial charge on any atom is -0.493 e. The largest absolute Gasteiger partial charge is 0.493 e. The number of nitro groups is 1. The number of hydrogen-bond donors (Lipinski definition) is 1. The zero-order valence-corrected chi connectivity index (χ0v) is 16.5. The van der Waals surface area contributed by atoms with Crippen LogP contribution in [0.2, 0.25) is 0 Å². The second kappa shape index (κ2) is 10.1. The van der Waals surface area contributed by atoms with Crippen LogP contribution >= 0.6 is 0 Å². The molecule has 29 heavy (non-hydrogen) atoms. The molecule has 2 aromatic rings. The topological polar surface area (TPSA) is 111 Å². The number of non-ortho nitro benzene ring substituents is 1. The molecule has 2 rings (SSSR count). The Hall–Kier alpha value is -3.62. The lowest BCUT2D eigenvalue weighted by Gasteiger charge is -2.19. The van der Waals surface area contributed by atoms with Crippen molar-refractivity contribution in [2.24, 2.45) is 0 Å². The maximum absolute atomic E-state index is 12.4. The highest BCUT2D eigenvalue weighted by molar-refractivity contribution is 5.97. The Morgan fingerprint density at radius 3 is 2.45 bits per heavy atom. The highest BCUT2D eigenvalue weighted by Crippen LogP contribution is 2.31. The summed E-state index contributed by atoms with van der Waals surface area (Å²) in [6.07, 6.45) is 0. The number of nitro benzene ring substituents is 1. The number of nitrogens with zero attached hydrogens (tertiary/aromatic N) is 2. The summed E-state index contributed by atoms with van der Waals surface area (Å²) in [5, 5.41) is 13.6. The van der Waals surface area contributed by atoms with Gasteiger partial charge < -0.3 is 19.7 Å². The number of nitrogens with one attached hydrogen (secondary N) is 1. The molecule has 0 radical (unpaired) electrons. The Labute approximate surface area is 168 Å². The van der Waals surface area contributed by atoms with Crippen molar-refractivity contribution in [2.75, 3.05) is 32.1 Å². The zero-order chi connectivity index (χ0) is 21.4. The van der Waals surface area contributed by atoms with E-state index in [0.29, 0.717) is 24.3 Å². The van der Waals surface area contributed by atoms with Gasteiger partial charge in [0.05, 0.1) is 18.1 Å². The standard InChI is InChI=1S/C20H23N3O6/c1-4-22(5-2)20(25)14-7-6-8-15(11-14)21-19(24)13-29-18-12-16(23(26)27)9-10-17(18)28-3/h6-12H,4-5,13H2,1-3H3,(H,21,24). The highest BCUT2D eigenvalue weighted by atomic mass is 16.6. The molecular formula is C20H23N3O6. The van der Waals surface area contributed by atoms with Gasteiger partial charge in [0.15, 0.2) is 18.1 Å². The van der Waals surface area contributed by atoms with E-state index in [0.717, 1.165) is 0 Å². The lowest BCUT2D eigenvalue weighted by Crippen LogP contribution is -2.30. The fraction of sp³-hybridized carbons (Fsp3) is 0.300. The number of methoxy groups -OCH3 is 1. The normalized spacial score (nSPS) is 10.2. The molecule has 9 nitrogen and oxygen atoms in total. The number of carbonyl (C=O) groups is 2. The van der Waals surface area contributed by atoms with Crippen LogP contribution in [0.15, 0.2) is 42.5 Å². The summed E-state index contributed by atoms with van der Waals surface area (Å²) in [6.45, 7) is 4.58. The minimum absolute atomic E-state index is 0.0855. The predicted molar refractivity (Wildman–Crippen MR) is 107 cm³/mol. The molecule has 2 amide bonds. The van der Waals surface area contributed by atoms with Crippen LogP contribution in [0.25, 0.3) is 0 Å². The lowest BCUT2D eigenvalue weighted by atomic mass is 10.1. The summed E-state index contributed by atoms with van der Waals surface area (Å²) in [5.74, 6) is -0.243. The van der Waals surface area contributed by atoms with E-state index in [2.05, 4.69) is 5.32 Å². The molecule has 0 unspecified atom stereocenters. The average Bonchev–Trinajstić information content (AvgIpc) is 2.72. The molecule has 154 valence electrons. The molecule has 0 spiro atoms. The van der Waals surface area contributed by atoms with Crippen molar-refractivity contribution in [1.29, 1.82) is 0 Å². The van der Waals surface area contributed by atoms with Gasteiger partial charge in [-0.15, -0.1) is 0 Å². The minimum atomic E-state index is -0.565. The second-order valence-electron chi connectivity index (χ2n) is 5.99. The Morgan fingerprint density at radius 1 is 1.10 bits per heavy atom. The first-order valence-corrected chi connectivity index (χ1v) is 9.04. The first kappa shape index (κ1) is 21.7. The van der Waals surface area contributed by atoms with Gasteiger partial charge in [0.1, 0.15) is 0 Å². The molecule has 0 saturated heterocycles. The van der Waals surface area contributed by atoms with Crippen molar-refractivity contribution in [3.8, 4) is 11.5 Å². The Bertz CT molecular complexity index is 896. The van der Waals surface area contributed by atoms with E-state index in [4.69, 9.17) is 9.47 Å². The van der Waals surface area contributed by atoms with Crippen molar-refractivity contribution < 1.29 is 24.0 Å². The third kappa shape index (κ3) is 5.68. The molecule has 9 heteroatoms. The van der Waals surface area contributed by atoms with Crippen LogP contribution in [0.1, 0.15) is 24.2 Å². The van der Waals surface area contributed by atoms with Gasteiger partial charge in [0, 0.05) is 30.4 Å². The summed E-state index contributed by atoms with van der Waals surface area (Å²) in [4.78, 5) is 36.7. The van der Waals surface area contributed by atoms with Crippen LogP contribution in [-0.2, 0) is 4.79 Å². The molecule has 0 atom stereocenters. The predicted octanol–water partition coefficient (Wildman–Crippen LogP) is 3.10. The molecule has 1 N–H and O–H groups in total. The van der Waals surface area contributed by atoms with Crippen LogP contribution in [0.5, 0.6) is 11.5 Å². The van der Waals surface area contributed by atoms with Gasteiger partial charge in [-0.25, -0.2) is 0 Å². The maximum Gasteiger partial charge on any atom is 0.273 e. The summed E-state index contributed by atoms with van der Waals surface area (Å²) in [6, 6.07) is 10.5. The third-order valence-corrected chi connectivity index (χ3v) is 4.16. The number of rotatable bonds is 9. The van der Waals surface area contributed by atoms with Crippen molar-refractivity contribution in [3.63, 3.8) is 0 Å². The van der Waals surface area contributed by atoms with Crippen LogP contribution in [0.4, 0.5) is 11.4 Å². The quantitative estimate of drug-likeness (QED) is 0.510. The zero-order valence-electron chi connectivity index (χ0n) is 16.5. The van der Waals surface area contributed by atoms with Crippen molar-refractivity contribution in [3.05, 3.63) is 58.1 Å². The van der Waals surface area contributed by atoms with Gasteiger partial charge in [-0.05, 0) is 38.1 Å². The van der Waals surface area contributed by atoms with Crippen LogP contribution in [0.3, 0.4) is 0 Å². The number of carbonyl (C=O) groups excluding carboxylic acids is 2. The van der Waals surface area contributed by atoms with Crippen LogP contribution in [0, 0.1) is 10.1 Å². The number of anilines is 1. The number of amides is 2. The lowest BCUT2D eigenvalue weighted by molar-refractivity contribution is -0.385. The van der Waals surface area contributed by atoms with Gasteiger partial charge in [-0.2, -0.15) is 0 Å².